The molecule has 172 valence electrons. The van der Waals surface area contributed by atoms with Crippen molar-refractivity contribution < 1.29 is 33.5 Å². The van der Waals surface area contributed by atoms with Crippen LogP contribution in [0.5, 0.6) is 5.75 Å². The molecule has 0 heterocycles. The van der Waals surface area contributed by atoms with Crippen LogP contribution in [0.2, 0.25) is 0 Å². The van der Waals surface area contributed by atoms with Crippen molar-refractivity contribution in [3.8, 4) is 16.9 Å². The van der Waals surface area contributed by atoms with Crippen molar-refractivity contribution in [2.45, 2.75) is 33.8 Å². The number of nitrogens with zero attached hydrogens (tertiary/aromatic N) is 1. The largest absolute Gasteiger partial charge is 0.490 e. The Kier molecular flexibility index (Phi) is 8.71. The van der Waals surface area contributed by atoms with E-state index in [1.54, 1.807) is 26.8 Å². The molecule has 0 spiro atoms. The summed E-state index contributed by atoms with van der Waals surface area (Å²) in [7, 11) is 1.18. The molecule has 0 aromatic heterocycles. The Morgan fingerprint density at radius 2 is 1.78 bits per heavy atom. The molecule has 9 nitrogen and oxygen atoms in total. The van der Waals surface area contributed by atoms with Crippen LogP contribution in [0.3, 0.4) is 0 Å². The Labute approximate surface area is 186 Å². The number of nitro benzene ring substituents is 1. The number of hydrogen-bond donors (Lipinski definition) is 0. The fraction of sp³-hybridized carbons (Fsp3) is 0.391. The Hall–Kier alpha value is -3.46. The van der Waals surface area contributed by atoms with Crippen molar-refractivity contribution in [2.24, 2.45) is 0 Å². The van der Waals surface area contributed by atoms with Crippen molar-refractivity contribution in [1.29, 1.82) is 0 Å². The molecule has 32 heavy (non-hydrogen) atoms. The number of esters is 2. The predicted octanol–water partition coefficient (Wildman–Crippen LogP) is 4.34. The normalized spacial score (nSPS) is 10.7. The lowest BCUT2D eigenvalue weighted by molar-refractivity contribution is -0.384. The van der Waals surface area contributed by atoms with Gasteiger partial charge >= 0.3 is 11.9 Å². The van der Waals surface area contributed by atoms with Gasteiger partial charge in [0.2, 0.25) is 0 Å². The third-order valence-corrected chi connectivity index (χ3v) is 4.48. The molecule has 2 aromatic rings. The van der Waals surface area contributed by atoms with Gasteiger partial charge in [0.1, 0.15) is 17.9 Å². The van der Waals surface area contributed by atoms with E-state index in [-0.39, 0.29) is 46.9 Å². The summed E-state index contributed by atoms with van der Waals surface area (Å²) in [5.41, 5.74) is 0.198. The van der Waals surface area contributed by atoms with Crippen molar-refractivity contribution in [1.82, 2.24) is 0 Å². The molecule has 9 heteroatoms. The van der Waals surface area contributed by atoms with Gasteiger partial charge < -0.3 is 18.9 Å². The fourth-order valence-electron chi connectivity index (χ4n) is 3.21. The summed E-state index contributed by atoms with van der Waals surface area (Å²) in [6, 6.07) is 7.37. The molecule has 0 amide bonds. The van der Waals surface area contributed by atoms with Gasteiger partial charge in [0.05, 0.1) is 35.9 Å². The highest BCUT2D eigenvalue weighted by molar-refractivity contribution is 6.09. The summed E-state index contributed by atoms with van der Waals surface area (Å²) in [4.78, 5) is 37.0. The van der Waals surface area contributed by atoms with Gasteiger partial charge in [-0.15, -0.1) is 0 Å². The molecule has 0 aliphatic heterocycles. The maximum atomic E-state index is 13.0. The summed E-state index contributed by atoms with van der Waals surface area (Å²) >= 11 is 0. The van der Waals surface area contributed by atoms with Crippen LogP contribution >= 0.6 is 0 Å². The van der Waals surface area contributed by atoms with E-state index in [9.17, 15) is 19.7 Å². The molecule has 0 bridgehead atoms. The lowest BCUT2D eigenvalue weighted by Gasteiger charge is -2.20. The highest BCUT2D eigenvalue weighted by atomic mass is 16.6. The quantitative estimate of drug-likeness (QED) is 0.230. The van der Waals surface area contributed by atoms with Crippen LogP contribution in [0.25, 0.3) is 11.1 Å². The number of methoxy groups -OCH3 is 1. The van der Waals surface area contributed by atoms with Crippen LogP contribution in [0.4, 0.5) is 5.69 Å². The van der Waals surface area contributed by atoms with E-state index in [0.717, 1.165) is 0 Å². The van der Waals surface area contributed by atoms with Gasteiger partial charge in [-0.25, -0.2) is 9.59 Å². The molecule has 0 radical (unpaired) electrons. The lowest BCUT2D eigenvalue weighted by atomic mass is 9.89. The number of para-hydroxylation sites is 1. The van der Waals surface area contributed by atoms with Gasteiger partial charge in [-0.05, 0) is 45.4 Å². The Morgan fingerprint density at radius 3 is 2.38 bits per heavy atom. The van der Waals surface area contributed by atoms with Crippen LogP contribution in [0, 0.1) is 17.0 Å². The standard InChI is InChI=1S/C23H27NO8/c1-6-30-11-12-31-18-13-15(4)19(23(26)32-14(2)3)20(21(18)22(25)29-5)16-9-7-8-10-17(16)24(27)28/h7-10,13-14H,6,11-12H2,1-5H3. The SMILES string of the molecule is CCOCCOc1cc(C)c(C(=O)OC(C)C)c(-c2ccccc2[N+](=O)[O-])c1C(=O)OC. The Bertz CT molecular complexity index is 1000. The van der Waals surface area contributed by atoms with E-state index in [2.05, 4.69) is 0 Å². The molecule has 0 aliphatic rings. The number of nitro groups is 1. The number of carbonyl (C=O) groups excluding carboxylic acids is 2. The zero-order valence-electron chi connectivity index (χ0n) is 18.8. The van der Waals surface area contributed by atoms with Crippen molar-refractivity contribution >= 4 is 17.6 Å². The number of aryl methyl sites for hydroxylation is 1. The Morgan fingerprint density at radius 1 is 1.09 bits per heavy atom. The highest BCUT2D eigenvalue weighted by Crippen LogP contribution is 2.41. The van der Waals surface area contributed by atoms with E-state index in [0.29, 0.717) is 12.2 Å². The van der Waals surface area contributed by atoms with E-state index < -0.39 is 23.0 Å². The smallest absolute Gasteiger partial charge is 0.342 e. The first-order valence-corrected chi connectivity index (χ1v) is 10.1. The summed E-state index contributed by atoms with van der Waals surface area (Å²) in [5, 5.41) is 11.7. The first-order chi connectivity index (χ1) is 15.2. The average Bonchev–Trinajstić information content (AvgIpc) is 2.75. The van der Waals surface area contributed by atoms with E-state index in [1.807, 2.05) is 6.92 Å². The monoisotopic (exact) mass is 445 g/mol. The second-order valence-corrected chi connectivity index (χ2v) is 7.08. The van der Waals surface area contributed by atoms with Gasteiger partial charge in [-0.3, -0.25) is 10.1 Å². The minimum atomic E-state index is -0.803. The average molecular weight is 445 g/mol. The molecule has 0 N–H and O–H groups in total. The van der Waals surface area contributed by atoms with E-state index in [1.165, 1.54) is 31.4 Å². The van der Waals surface area contributed by atoms with Crippen molar-refractivity contribution in [2.75, 3.05) is 26.9 Å². The number of rotatable bonds is 10. The van der Waals surface area contributed by atoms with E-state index in [4.69, 9.17) is 18.9 Å². The maximum Gasteiger partial charge on any atom is 0.342 e. The molecule has 0 saturated carbocycles. The second-order valence-electron chi connectivity index (χ2n) is 7.08. The molecule has 0 aliphatic carbocycles. The van der Waals surface area contributed by atoms with Gasteiger partial charge in [-0.1, -0.05) is 12.1 Å². The Balaban J connectivity index is 2.88. The topological polar surface area (TPSA) is 114 Å². The molecule has 0 atom stereocenters. The van der Waals surface area contributed by atoms with E-state index >= 15 is 0 Å². The summed E-state index contributed by atoms with van der Waals surface area (Å²) in [5.74, 6) is -1.39. The lowest BCUT2D eigenvalue weighted by Crippen LogP contribution is -2.18. The van der Waals surface area contributed by atoms with Gasteiger partial charge in [-0.2, -0.15) is 0 Å². The molecular formula is C23H27NO8. The predicted molar refractivity (Wildman–Crippen MR) is 117 cm³/mol. The molecule has 0 saturated heterocycles. The minimum absolute atomic E-state index is 0.0289. The second kappa shape index (κ2) is 11.2. The zero-order chi connectivity index (χ0) is 23.8. The number of carbonyl (C=O) groups is 2. The minimum Gasteiger partial charge on any atom is -0.490 e. The number of ether oxygens (including phenoxy) is 4. The van der Waals surface area contributed by atoms with Crippen molar-refractivity contribution in [3.63, 3.8) is 0 Å². The van der Waals surface area contributed by atoms with Crippen LogP contribution in [0.1, 0.15) is 47.1 Å². The zero-order valence-corrected chi connectivity index (χ0v) is 18.8. The maximum absolute atomic E-state index is 13.0. The number of hydrogen-bond acceptors (Lipinski definition) is 8. The van der Waals surface area contributed by atoms with Crippen LogP contribution in [-0.4, -0.2) is 49.9 Å². The molecule has 2 rings (SSSR count). The first-order valence-electron chi connectivity index (χ1n) is 10.1. The first kappa shape index (κ1) is 24.8. The van der Waals surface area contributed by atoms with Crippen LogP contribution in [-0.2, 0) is 14.2 Å². The summed E-state index contributed by atoms with van der Waals surface area (Å²) in [6.45, 7) is 7.75. The van der Waals surface area contributed by atoms with Gasteiger partial charge in [0.15, 0.2) is 0 Å². The molecule has 0 unspecified atom stereocenters. The van der Waals surface area contributed by atoms with Crippen LogP contribution < -0.4 is 4.74 Å². The fourth-order valence-corrected chi connectivity index (χ4v) is 3.21. The number of benzene rings is 2. The van der Waals surface area contributed by atoms with Crippen LogP contribution in [0.15, 0.2) is 30.3 Å². The molecular weight excluding hydrogens is 418 g/mol. The van der Waals surface area contributed by atoms with Crippen molar-refractivity contribution in [3.05, 3.63) is 57.1 Å². The highest BCUT2D eigenvalue weighted by Gasteiger charge is 2.32. The third-order valence-electron chi connectivity index (χ3n) is 4.48. The van der Waals surface area contributed by atoms with Gasteiger partial charge in [0.25, 0.3) is 5.69 Å². The molecule has 2 aromatic carbocycles. The summed E-state index contributed by atoms with van der Waals surface area (Å²) < 4.78 is 21.4. The molecule has 0 fully saturated rings. The third kappa shape index (κ3) is 5.61. The van der Waals surface area contributed by atoms with Gasteiger partial charge in [0, 0.05) is 18.2 Å². The summed E-state index contributed by atoms with van der Waals surface area (Å²) in [6.07, 6.45) is -0.441.